The second kappa shape index (κ2) is 7.68. The van der Waals surface area contributed by atoms with E-state index in [9.17, 15) is 9.59 Å². The molecule has 134 valence electrons. The molecule has 0 radical (unpaired) electrons. The van der Waals surface area contributed by atoms with Crippen LogP contribution in [0.1, 0.15) is 60.6 Å². The molecule has 2 amide bonds. The SMILES string of the molecule is CCCN(CCC)C(=O)c1nc(C(=O)N2CCCC2)c2ccccn12. The summed E-state index contributed by atoms with van der Waals surface area (Å²) in [4.78, 5) is 34.0. The van der Waals surface area contributed by atoms with E-state index in [2.05, 4.69) is 18.8 Å². The highest BCUT2D eigenvalue weighted by Crippen LogP contribution is 2.19. The van der Waals surface area contributed by atoms with Crippen LogP contribution < -0.4 is 0 Å². The Balaban J connectivity index is 2.01. The first-order valence-electron chi connectivity index (χ1n) is 9.23. The first-order valence-corrected chi connectivity index (χ1v) is 9.23. The molecule has 3 heterocycles. The number of imidazole rings is 1. The highest BCUT2D eigenvalue weighted by Gasteiger charge is 2.28. The monoisotopic (exact) mass is 342 g/mol. The Morgan fingerprint density at radius 1 is 1.12 bits per heavy atom. The van der Waals surface area contributed by atoms with E-state index in [1.54, 1.807) is 4.40 Å². The van der Waals surface area contributed by atoms with Crippen molar-refractivity contribution in [2.45, 2.75) is 39.5 Å². The molecule has 3 rings (SSSR count). The maximum atomic E-state index is 13.0. The standard InChI is InChI=1S/C19H26N4O2/c1-3-10-21(11-4-2)19(25)17-20-16(15-9-5-6-14-23(15)17)18(24)22-12-7-8-13-22/h5-6,9,14H,3-4,7-8,10-13H2,1-2H3. The zero-order valence-electron chi connectivity index (χ0n) is 15.1. The van der Waals surface area contributed by atoms with Gasteiger partial charge in [-0.3, -0.25) is 14.0 Å². The number of amides is 2. The summed E-state index contributed by atoms with van der Waals surface area (Å²) < 4.78 is 1.75. The van der Waals surface area contributed by atoms with Crippen molar-refractivity contribution < 1.29 is 9.59 Å². The molecule has 1 aliphatic heterocycles. The molecule has 1 fully saturated rings. The lowest BCUT2D eigenvalue weighted by Gasteiger charge is -2.20. The van der Waals surface area contributed by atoms with Crippen molar-refractivity contribution in [2.75, 3.05) is 26.2 Å². The molecule has 25 heavy (non-hydrogen) atoms. The second-order valence-electron chi connectivity index (χ2n) is 6.53. The number of likely N-dealkylation sites (tertiary alicyclic amines) is 1. The van der Waals surface area contributed by atoms with Crippen molar-refractivity contribution in [1.82, 2.24) is 19.2 Å². The summed E-state index contributed by atoms with van der Waals surface area (Å²) in [5.41, 5.74) is 1.09. The van der Waals surface area contributed by atoms with E-state index in [0.29, 0.717) is 30.1 Å². The topological polar surface area (TPSA) is 57.9 Å². The number of hydrogen-bond acceptors (Lipinski definition) is 3. The summed E-state index contributed by atoms with van der Waals surface area (Å²) in [5.74, 6) is 0.156. The van der Waals surface area contributed by atoms with Crippen LogP contribution in [0.2, 0.25) is 0 Å². The lowest BCUT2D eigenvalue weighted by Crippen LogP contribution is -2.34. The summed E-state index contributed by atoms with van der Waals surface area (Å²) >= 11 is 0. The first kappa shape index (κ1) is 17.5. The number of nitrogens with zero attached hydrogens (tertiary/aromatic N) is 4. The number of aromatic nitrogens is 2. The predicted molar refractivity (Wildman–Crippen MR) is 96.8 cm³/mol. The minimum atomic E-state index is -0.106. The van der Waals surface area contributed by atoms with Gasteiger partial charge in [-0.2, -0.15) is 0 Å². The molecule has 1 saturated heterocycles. The average Bonchev–Trinajstić information content (AvgIpc) is 3.28. The van der Waals surface area contributed by atoms with Gasteiger partial charge in [0.15, 0.2) is 5.69 Å². The molecule has 1 aliphatic rings. The minimum Gasteiger partial charge on any atom is -0.337 e. The fraction of sp³-hybridized carbons (Fsp3) is 0.526. The van der Waals surface area contributed by atoms with Gasteiger partial charge in [-0.05, 0) is 37.8 Å². The third kappa shape index (κ3) is 3.38. The normalized spacial score (nSPS) is 14.2. The van der Waals surface area contributed by atoms with Crippen LogP contribution in [0.5, 0.6) is 0 Å². The summed E-state index contributed by atoms with van der Waals surface area (Å²) in [5, 5.41) is 0. The van der Waals surface area contributed by atoms with Crippen LogP contribution in [-0.4, -0.2) is 57.2 Å². The Morgan fingerprint density at radius 3 is 2.44 bits per heavy atom. The van der Waals surface area contributed by atoms with Crippen molar-refractivity contribution in [3.8, 4) is 0 Å². The maximum Gasteiger partial charge on any atom is 0.290 e. The molecule has 0 spiro atoms. The van der Waals surface area contributed by atoms with Crippen LogP contribution >= 0.6 is 0 Å². The number of pyridine rings is 1. The predicted octanol–water partition coefficient (Wildman–Crippen LogP) is 2.83. The maximum absolute atomic E-state index is 13.0. The van der Waals surface area contributed by atoms with Crippen molar-refractivity contribution in [2.24, 2.45) is 0 Å². The molecular formula is C19H26N4O2. The van der Waals surface area contributed by atoms with E-state index in [-0.39, 0.29) is 11.8 Å². The number of carbonyl (C=O) groups is 2. The van der Waals surface area contributed by atoms with Gasteiger partial charge < -0.3 is 9.80 Å². The van der Waals surface area contributed by atoms with E-state index >= 15 is 0 Å². The highest BCUT2D eigenvalue weighted by atomic mass is 16.2. The average molecular weight is 342 g/mol. The van der Waals surface area contributed by atoms with Gasteiger partial charge in [-0.15, -0.1) is 0 Å². The van der Waals surface area contributed by atoms with E-state index < -0.39 is 0 Å². The summed E-state index contributed by atoms with van der Waals surface area (Å²) in [6.07, 6.45) is 5.67. The fourth-order valence-electron chi connectivity index (χ4n) is 3.41. The van der Waals surface area contributed by atoms with E-state index in [0.717, 1.165) is 38.8 Å². The molecule has 0 aliphatic carbocycles. The first-order chi connectivity index (χ1) is 12.2. The van der Waals surface area contributed by atoms with Crippen LogP contribution in [0.15, 0.2) is 24.4 Å². The van der Waals surface area contributed by atoms with Gasteiger partial charge in [0.25, 0.3) is 11.8 Å². The number of fused-ring (bicyclic) bond motifs is 1. The zero-order chi connectivity index (χ0) is 17.8. The Hall–Kier alpha value is -2.37. The van der Waals surface area contributed by atoms with Crippen molar-refractivity contribution in [3.63, 3.8) is 0 Å². The lowest BCUT2D eigenvalue weighted by molar-refractivity contribution is 0.0742. The van der Waals surface area contributed by atoms with Crippen molar-refractivity contribution in [1.29, 1.82) is 0 Å². The second-order valence-corrected chi connectivity index (χ2v) is 6.53. The van der Waals surface area contributed by atoms with Crippen LogP contribution in [0.25, 0.3) is 5.52 Å². The molecule has 0 N–H and O–H groups in total. The van der Waals surface area contributed by atoms with Gasteiger partial charge in [0.05, 0.1) is 5.52 Å². The fourth-order valence-corrected chi connectivity index (χ4v) is 3.41. The third-order valence-corrected chi connectivity index (χ3v) is 4.61. The molecule has 2 aromatic rings. The van der Waals surface area contributed by atoms with Gasteiger partial charge in [0.1, 0.15) is 0 Å². The highest BCUT2D eigenvalue weighted by molar-refractivity contribution is 6.02. The van der Waals surface area contributed by atoms with Crippen molar-refractivity contribution in [3.05, 3.63) is 35.9 Å². The Bertz CT molecular complexity index is 756. The third-order valence-electron chi connectivity index (χ3n) is 4.61. The molecule has 0 atom stereocenters. The molecule has 6 heteroatoms. The van der Waals surface area contributed by atoms with Gasteiger partial charge >= 0.3 is 0 Å². The number of hydrogen-bond donors (Lipinski definition) is 0. The van der Waals surface area contributed by atoms with E-state index in [1.165, 1.54) is 0 Å². The smallest absolute Gasteiger partial charge is 0.290 e. The Morgan fingerprint density at radius 2 is 1.80 bits per heavy atom. The minimum absolute atomic E-state index is 0.0715. The summed E-state index contributed by atoms with van der Waals surface area (Å²) in [6, 6.07) is 5.60. The van der Waals surface area contributed by atoms with E-state index in [4.69, 9.17) is 0 Å². The number of rotatable bonds is 6. The lowest BCUT2D eigenvalue weighted by atomic mass is 10.3. The molecule has 2 aromatic heterocycles. The van der Waals surface area contributed by atoms with Crippen molar-refractivity contribution >= 4 is 17.3 Å². The van der Waals surface area contributed by atoms with Gasteiger partial charge in [-0.25, -0.2) is 4.98 Å². The molecule has 0 aromatic carbocycles. The van der Waals surface area contributed by atoms with Gasteiger partial charge in [-0.1, -0.05) is 19.9 Å². The van der Waals surface area contributed by atoms with Crippen LogP contribution in [0.3, 0.4) is 0 Å². The van der Waals surface area contributed by atoms with Gasteiger partial charge in [0.2, 0.25) is 5.82 Å². The largest absolute Gasteiger partial charge is 0.337 e. The molecular weight excluding hydrogens is 316 g/mol. The van der Waals surface area contributed by atoms with Crippen LogP contribution in [-0.2, 0) is 0 Å². The molecule has 0 bridgehead atoms. The zero-order valence-corrected chi connectivity index (χ0v) is 15.1. The number of carbonyl (C=O) groups excluding carboxylic acids is 2. The van der Waals surface area contributed by atoms with Crippen LogP contribution in [0, 0.1) is 0 Å². The van der Waals surface area contributed by atoms with Crippen LogP contribution in [0.4, 0.5) is 0 Å². The summed E-state index contributed by atoms with van der Waals surface area (Å²) in [6.45, 7) is 7.05. The quantitative estimate of drug-likeness (QED) is 0.811. The molecule has 6 nitrogen and oxygen atoms in total. The Kier molecular flexibility index (Phi) is 5.36. The van der Waals surface area contributed by atoms with E-state index in [1.807, 2.05) is 34.2 Å². The van der Waals surface area contributed by atoms with Gasteiger partial charge in [0, 0.05) is 32.4 Å². The molecule has 0 saturated carbocycles. The molecule has 0 unspecified atom stereocenters. The Labute approximate surface area is 148 Å². The summed E-state index contributed by atoms with van der Waals surface area (Å²) in [7, 11) is 0.